The molecule has 22 heavy (non-hydrogen) atoms. The molecule has 2 aromatic rings. The SMILES string of the molecule is COc1ccc2c(c1)CCC[C@]2(O)CNC(=O)c1ccco1. The second kappa shape index (κ2) is 5.85. The smallest absolute Gasteiger partial charge is 0.287 e. The molecule has 1 heterocycles. The first-order valence-corrected chi connectivity index (χ1v) is 7.34. The van der Waals surface area contributed by atoms with E-state index in [-0.39, 0.29) is 18.2 Å². The number of fused-ring (bicyclic) bond motifs is 1. The number of carbonyl (C=O) groups excluding carboxylic acids is 1. The van der Waals surface area contributed by atoms with Gasteiger partial charge in [0.25, 0.3) is 5.91 Å². The summed E-state index contributed by atoms with van der Waals surface area (Å²) in [5.74, 6) is 0.705. The summed E-state index contributed by atoms with van der Waals surface area (Å²) in [6.45, 7) is 0.159. The van der Waals surface area contributed by atoms with Crippen molar-refractivity contribution in [2.24, 2.45) is 0 Å². The summed E-state index contributed by atoms with van der Waals surface area (Å²) in [6, 6.07) is 8.93. The highest BCUT2D eigenvalue weighted by atomic mass is 16.5. The van der Waals surface area contributed by atoms with Crippen molar-refractivity contribution in [3.8, 4) is 5.75 Å². The van der Waals surface area contributed by atoms with E-state index in [4.69, 9.17) is 9.15 Å². The summed E-state index contributed by atoms with van der Waals surface area (Å²) >= 11 is 0. The van der Waals surface area contributed by atoms with Crippen molar-refractivity contribution in [3.63, 3.8) is 0 Å². The summed E-state index contributed by atoms with van der Waals surface area (Å²) in [5.41, 5.74) is 0.877. The van der Waals surface area contributed by atoms with E-state index >= 15 is 0 Å². The molecule has 0 fully saturated rings. The van der Waals surface area contributed by atoms with Crippen LogP contribution in [-0.4, -0.2) is 24.7 Å². The van der Waals surface area contributed by atoms with Crippen molar-refractivity contribution in [1.82, 2.24) is 5.32 Å². The second-order valence-electron chi connectivity index (χ2n) is 5.57. The number of aliphatic hydroxyl groups is 1. The number of aryl methyl sites for hydroxylation is 1. The van der Waals surface area contributed by atoms with Crippen molar-refractivity contribution in [1.29, 1.82) is 0 Å². The average molecular weight is 301 g/mol. The number of carbonyl (C=O) groups is 1. The van der Waals surface area contributed by atoms with E-state index < -0.39 is 5.60 Å². The van der Waals surface area contributed by atoms with Gasteiger partial charge in [0, 0.05) is 0 Å². The first kappa shape index (κ1) is 14.7. The quantitative estimate of drug-likeness (QED) is 0.908. The molecule has 1 aliphatic rings. The van der Waals surface area contributed by atoms with Gasteiger partial charge in [-0.15, -0.1) is 0 Å². The zero-order valence-electron chi connectivity index (χ0n) is 12.5. The van der Waals surface area contributed by atoms with E-state index in [0.717, 1.165) is 29.7 Å². The molecule has 1 atom stereocenters. The fraction of sp³-hybridized carbons (Fsp3) is 0.353. The number of amides is 1. The van der Waals surface area contributed by atoms with Crippen LogP contribution >= 0.6 is 0 Å². The van der Waals surface area contributed by atoms with E-state index in [1.54, 1.807) is 19.2 Å². The van der Waals surface area contributed by atoms with Gasteiger partial charge in [-0.2, -0.15) is 0 Å². The van der Waals surface area contributed by atoms with Crippen molar-refractivity contribution in [2.75, 3.05) is 13.7 Å². The summed E-state index contributed by atoms with van der Waals surface area (Å²) in [4.78, 5) is 12.0. The molecular weight excluding hydrogens is 282 g/mol. The van der Waals surface area contributed by atoms with Crippen LogP contribution < -0.4 is 10.1 Å². The minimum Gasteiger partial charge on any atom is -0.497 e. The third kappa shape index (κ3) is 2.72. The molecule has 3 rings (SSSR count). The molecule has 2 N–H and O–H groups in total. The molecule has 0 aliphatic heterocycles. The van der Waals surface area contributed by atoms with E-state index in [0.29, 0.717) is 6.42 Å². The maximum absolute atomic E-state index is 12.0. The Kier molecular flexibility index (Phi) is 3.90. The van der Waals surface area contributed by atoms with E-state index in [1.165, 1.54) is 6.26 Å². The number of benzene rings is 1. The molecule has 0 saturated carbocycles. The number of nitrogens with one attached hydrogen (secondary N) is 1. The number of hydrogen-bond acceptors (Lipinski definition) is 4. The van der Waals surface area contributed by atoms with Gasteiger partial charge in [-0.25, -0.2) is 0 Å². The lowest BCUT2D eigenvalue weighted by Crippen LogP contribution is -2.42. The molecule has 116 valence electrons. The molecule has 0 bridgehead atoms. The highest BCUT2D eigenvalue weighted by molar-refractivity contribution is 5.91. The van der Waals surface area contributed by atoms with Crippen LogP contribution in [0.3, 0.4) is 0 Å². The first-order chi connectivity index (χ1) is 10.6. The minimum atomic E-state index is -1.05. The topological polar surface area (TPSA) is 71.7 Å². The third-order valence-electron chi connectivity index (χ3n) is 4.14. The highest BCUT2D eigenvalue weighted by Gasteiger charge is 2.35. The van der Waals surface area contributed by atoms with Crippen LogP contribution in [0.15, 0.2) is 41.0 Å². The number of ether oxygens (including phenoxy) is 1. The molecule has 5 nitrogen and oxygen atoms in total. The van der Waals surface area contributed by atoms with Gasteiger partial charge in [0.2, 0.25) is 0 Å². The molecule has 0 unspecified atom stereocenters. The van der Waals surface area contributed by atoms with Gasteiger partial charge in [0.15, 0.2) is 5.76 Å². The fourth-order valence-electron chi connectivity index (χ4n) is 2.97. The molecule has 0 saturated heterocycles. The lowest BCUT2D eigenvalue weighted by molar-refractivity contribution is 0.0185. The molecule has 0 radical (unpaired) electrons. The lowest BCUT2D eigenvalue weighted by Gasteiger charge is -2.34. The molecule has 1 aromatic carbocycles. The van der Waals surface area contributed by atoms with Crippen molar-refractivity contribution in [2.45, 2.75) is 24.9 Å². The number of methoxy groups -OCH3 is 1. The maximum atomic E-state index is 12.0. The monoisotopic (exact) mass is 301 g/mol. The van der Waals surface area contributed by atoms with Crippen LogP contribution in [-0.2, 0) is 12.0 Å². The largest absolute Gasteiger partial charge is 0.497 e. The standard InChI is InChI=1S/C17H19NO4/c1-21-13-6-7-14-12(10-13)4-2-8-17(14,20)11-18-16(19)15-5-3-9-22-15/h3,5-7,9-10,20H,2,4,8,11H2,1H3,(H,18,19)/t17-/m0/s1. The molecule has 0 spiro atoms. The average Bonchev–Trinajstić information content (AvgIpc) is 3.07. The van der Waals surface area contributed by atoms with Crippen LogP contribution in [0, 0.1) is 0 Å². The third-order valence-corrected chi connectivity index (χ3v) is 4.14. The van der Waals surface area contributed by atoms with Gasteiger partial charge in [-0.05, 0) is 54.7 Å². The summed E-state index contributed by atoms with van der Waals surface area (Å²) < 4.78 is 10.3. The summed E-state index contributed by atoms with van der Waals surface area (Å²) in [5, 5.41) is 13.7. The van der Waals surface area contributed by atoms with Gasteiger partial charge < -0.3 is 19.6 Å². The fourth-order valence-corrected chi connectivity index (χ4v) is 2.97. The van der Waals surface area contributed by atoms with Crippen LogP contribution in [0.2, 0.25) is 0 Å². The molecular formula is C17H19NO4. The molecule has 1 amide bonds. The van der Waals surface area contributed by atoms with Gasteiger partial charge in [0.1, 0.15) is 11.4 Å². The predicted molar refractivity (Wildman–Crippen MR) is 80.9 cm³/mol. The molecule has 1 aliphatic carbocycles. The highest BCUT2D eigenvalue weighted by Crippen LogP contribution is 2.36. The normalized spacial score (nSPS) is 20.3. The zero-order chi connectivity index (χ0) is 15.6. The summed E-state index contributed by atoms with van der Waals surface area (Å²) in [7, 11) is 1.63. The van der Waals surface area contributed by atoms with Crippen molar-refractivity contribution >= 4 is 5.91 Å². The van der Waals surface area contributed by atoms with Crippen molar-refractivity contribution < 1.29 is 19.1 Å². The molecule has 5 heteroatoms. The van der Waals surface area contributed by atoms with Crippen LogP contribution in [0.5, 0.6) is 5.75 Å². The van der Waals surface area contributed by atoms with Crippen LogP contribution in [0.4, 0.5) is 0 Å². The van der Waals surface area contributed by atoms with Crippen LogP contribution in [0.1, 0.15) is 34.5 Å². The number of rotatable bonds is 4. The van der Waals surface area contributed by atoms with E-state index in [1.807, 2.05) is 18.2 Å². The molecule has 1 aromatic heterocycles. The van der Waals surface area contributed by atoms with Gasteiger partial charge in [0.05, 0.1) is 19.9 Å². The summed E-state index contributed by atoms with van der Waals surface area (Å²) in [6.07, 6.45) is 3.84. The first-order valence-electron chi connectivity index (χ1n) is 7.34. The number of furan rings is 1. The Labute approximate surface area is 128 Å². The Bertz CT molecular complexity index is 665. The predicted octanol–water partition coefficient (Wildman–Crippen LogP) is 2.24. The van der Waals surface area contributed by atoms with Gasteiger partial charge >= 0.3 is 0 Å². The maximum Gasteiger partial charge on any atom is 0.287 e. The Morgan fingerprint density at radius 2 is 2.32 bits per heavy atom. The Morgan fingerprint density at radius 3 is 3.05 bits per heavy atom. The Morgan fingerprint density at radius 1 is 1.45 bits per heavy atom. The second-order valence-corrected chi connectivity index (χ2v) is 5.57. The number of hydrogen-bond donors (Lipinski definition) is 2. The van der Waals surface area contributed by atoms with E-state index in [2.05, 4.69) is 5.32 Å². The van der Waals surface area contributed by atoms with Gasteiger partial charge in [-0.3, -0.25) is 4.79 Å². The lowest BCUT2D eigenvalue weighted by atomic mass is 9.79. The van der Waals surface area contributed by atoms with E-state index in [9.17, 15) is 9.90 Å². The zero-order valence-corrected chi connectivity index (χ0v) is 12.5. The van der Waals surface area contributed by atoms with Crippen LogP contribution in [0.25, 0.3) is 0 Å². The Balaban J connectivity index is 1.78. The van der Waals surface area contributed by atoms with Gasteiger partial charge in [-0.1, -0.05) is 6.07 Å². The Hall–Kier alpha value is -2.27. The van der Waals surface area contributed by atoms with Crippen molar-refractivity contribution in [3.05, 3.63) is 53.5 Å². The minimum absolute atomic E-state index is 0.159.